The highest BCUT2D eigenvalue weighted by Crippen LogP contribution is 2.28. The molecule has 6 heteroatoms. The molecule has 2 unspecified atom stereocenters. The molecule has 1 heterocycles. The van der Waals surface area contributed by atoms with Crippen molar-refractivity contribution in [3.8, 4) is 0 Å². The van der Waals surface area contributed by atoms with Gasteiger partial charge in [-0.1, -0.05) is 30.3 Å². The maximum atomic E-state index is 12.1. The Bertz CT molecular complexity index is 512. The summed E-state index contributed by atoms with van der Waals surface area (Å²) in [6.07, 6.45) is -1.19. The van der Waals surface area contributed by atoms with Crippen molar-refractivity contribution in [2.75, 3.05) is 7.11 Å². The molecule has 1 aromatic rings. The first kappa shape index (κ1) is 15.2. The Hall–Kier alpha value is -2.21. The van der Waals surface area contributed by atoms with Crippen LogP contribution < -0.4 is 0 Å². The number of benzene rings is 1. The van der Waals surface area contributed by atoms with Crippen LogP contribution in [0.15, 0.2) is 30.3 Å². The Morgan fingerprint density at radius 1 is 1.29 bits per heavy atom. The van der Waals surface area contributed by atoms with Crippen LogP contribution in [0.1, 0.15) is 12.0 Å². The van der Waals surface area contributed by atoms with Crippen LogP contribution >= 0.6 is 0 Å². The van der Waals surface area contributed by atoms with Gasteiger partial charge in [-0.15, -0.1) is 0 Å². The molecule has 21 heavy (non-hydrogen) atoms. The van der Waals surface area contributed by atoms with Gasteiger partial charge in [0.2, 0.25) is 0 Å². The number of rotatable bonds is 5. The zero-order valence-corrected chi connectivity index (χ0v) is 11.6. The van der Waals surface area contributed by atoms with E-state index in [1.165, 1.54) is 7.11 Å². The summed E-state index contributed by atoms with van der Waals surface area (Å²) in [5, 5.41) is 0. The predicted octanol–water partition coefficient (Wildman–Crippen LogP) is 0.875. The first-order valence-corrected chi connectivity index (χ1v) is 6.55. The zero-order chi connectivity index (χ0) is 15.2. The number of carbonyl (C=O) groups excluding carboxylic acids is 3. The van der Waals surface area contributed by atoms with Crippen LogP contribution in [-0.2, 0) is 35.2 Å². The van der Waals surface area contributed by atoms with Gasteiger partial charge >= 0.3 is 11.9 Å². The number of hydrogen-bond donors (Lipinski definition) is 0. The molecule has 1 fully saturated rings. The van der Waals surface area contributed by atoms with Gasteiger partial charge in [0.1, 0.15) is 19.0 Å². The number of aldehydes is 1. The van der Waals surface area contributed by atoms with Crippen molar-refractivity contribution in [2.45, 2.75) is 25.2 Å². The van der Waals surface area contributed by atoms with Crippen molar-refractivity contribution in [2.24, 2.45) is 5.92 Å². The molecule has 0 radical (unpaired) electrons. The average Bonchev–Trinajstić information content (AvgIpc) is 2.97. The van der Waals surface area contributed by atoms with Crippen LogP contribution in [0.3, 0.4) is 0 Å². The van der Waals surface area contributed by atoms with Gasteiger partial charge in [-0.2, -0.15) is 0 Å². The molecule has 0 saturated carbocycles. The summed E-state index contributed by atoms with van der Waals surface area (Å²) in [5.41, 5.74) is 0.839. The first-order chi connectivity index (χ1) is 10.2. The van der Waals surface area contributed by atoms with Gasteiger partial charge in [-0.05, 0) is 12.0 Å². The summed E-state index contributed by atoms with van der Waals surface area (Å²) >= 11 is 0. The molecule has 3 atom stereocenters. The van der Waals surface area contributed by atoms with Crippen molar-refractivity contribution < 1.29 is 28.6 Å². The smallest absolute Gasteiger partial charge is 0.335 e. The molecule has 0 spiro atoms. The Kier molecular flexibility index (Phi) is 5.05. The second-order valence-electron chi connectivity index (χ2n) is 4.69. The molecule has 1 aromatic carbocycles. The van der Waals surface area contributed by atoms with Crippen molar-refractivity contribution in [1.82, 2.24) is 0 Å². The van der Waals surface area contributed by atoms with Gasteiger partial charge in [0.05, 0.1) is 13.0 Å². The van der Waals surface area contributed by atoms with Gasteiger partial charge in [0.25, 0.3) is 0 Å². The third-order valence-electron chi connectivity index (χ3n) is 3.29. The molecule has 1 aliphatic rings. The van der Waals surface area contributed by atoms with E-state index in [4.69, 9.17) is 9.47 Å². The van der Waals surface area contributed by atoms with Crippen LogP contribution in [0.4, 0.5) is 0 Å². The summed E-state index contributed by atoms with van der Waals surface area (Å²) in [4.78, 5) is 34.5. The fourth-order valence-electron chi connectivity index (χ4n) is 2.19. The van der Waals surface area contributed by atoms with Crippen LogP contribution in [-0.4, -0.2) is 37.5 Å². The lowest BCUT2D eigenvalue weighted by molar-refractivity contribution is -0.164. The van der Waals surface area contributed by atoms with E-state index in [-0.39, 0.29) is 13.0 Å². The summed E-state index contributed by atoms with van der Waals surface area (Å²) in [6, 6.07) is 9.18. The summed E-state index contributed by atoms with van der Waals surface area (Å²) in [5.74, 6) is -2.07. The predicted molar refractivity (Wildman–Crippen MR) is 71.1 cm³/mol. The molecule has 0 aliphatic carbocycles. The van der Waals surface area contributed by atoms with E-state index in [1.807, 2.05) is 30.3 Å². The minimum Gasteiger partial charge on any atom is -0.467 e. The summed E-state index contributed by atoms with van der Waals surface area (Å²) < 4.78 is 15.0. The SMILES string of the molecule is COC(=O)[C@H]1OC(C=O)CC1C(=O)OCc1ccccc1. The molecule has 112 valence electrons. The number of esters is 2. The molecule has 0 bridgehead atoms. The van der Waals surface area contributed by atoms with Crippen LogP contribution in [0.2, 0.25) is 0 Å². The minimum atomic E-state index is -1.09. The van der Waals surface area contributed by atoms with E-state index in [2.05, 4.69) is 4.74 Å². The average molecular weight is 292 g/mol. The molecular formula is C15H16O6. The van der Waals surface area contributed by atoms with Crippen molar-refractivity contribution in [1.29, 1.82) is 0 Å². The van der Waals surface area contributed by atoms with Crippen molar-refractivity contribution in [3.05, 3.63) is 35.9 Å². The molecule has 1 aliphatic heterocycles. The maximum absolute atomic E-state index is 12.1. The fraction of sp³-hybridized carbons (Fsp3) is 0.400. The molecule has 0 N–H and O–H groups in total. The first-order valence-electron chi connectivity index (χ1n) is 6.55. The molecule has 0 aromatic heterocycles. The Morgan fingerprint density at radius 2 is 2.00 bits per heavy atom. The number of carbonyl (C=O) groups is 3. The monoisotopic (exact) mass is 292 g/mol. The van der Waals surface area contributed by atoms with Crippen molar-refractivity contribution >= 4 is 18.2 Å². The highest BCUT2D eigenvalue weighted by Gasteiger charge is 2.45. The highest BCUT2D eigenvalue weighted by atomic mass is 16.6. The van der Waals surface area contributed by atoms with Crippen LogP contribution in [0, 0.1) is 5.92 Å². The topological polar surface area (TPSA) is 78.9 Å². The van der Waals surface area contributed by atoms with Gasteiger partial charge in [0, 0.05) is 0 Å². The van der Waals surface area contributed by atoms with E-state index in [1.54, 1.807) is 0 Å². The molecule has 0 amide bonds. The largest absolute Gasteiger partial charge is 0.467 e. The van der Waals surface area contributed by atoms with Crippen LogP contribution in [0.5, 0.6) is 0 Å². The standard InChI is InChI=1S/C15H16O6/c1-19-15(18)13-12(7-11(8-16)21-13)14(17)20-9-10-5-3-2-4-6-10/h2-6,8,11-13H,7,9H2,1H3/t11?,12?,13-/m0/s1. The Labute approximate surface area is 122 Å². The van der Waals surface area contributed by atoms with Crippen LogP contribution in [0.25, 0.3) is 0 Å². The summed E-state index contributed by atoms with van der Waals surface area (Å²) in [6.45, 7) is 0.107. The quantitative estimate of drug-likeness (QED) is 0.592. The summed E-state index contributed by atoms with van der Waals surface area (Å²) in [7, 11) is 1.20. The van der Waals surface area contributed by atoms with E-state index < -0.39 is 30.1 Å². The third kappa shape index (κ3) is 3.66. The Balaban J connectivity index is 1.99. The van der Waals surface area contributed by atoms with E-state index >= 15 is 0 Å². The second-order valence-corrected chi connectivity index (χ2v) is 4.69. The lowest BCUT2D eigenvalue weighted by atomic mass is 10.00. The molecular weight excluding hydrogens is 276 g/mol. The van der Waals surface area contributed by atoms with Gasteiger partial charge in [0.15, 0.2) is 6.10 Å². The van der Waals surface area contributed by atoms with Crippen molar-refractivity contribution in [3.63, 3.8) is 0 Å². The number of methoxy groups -OCH3 is 1. The van der Waals surface area contributed by atoms with E-state index in [0.29, 0.717) is 6.29 Å². The Morgan fingerprint density at radius 3 is 2.62 bits per heavy atom. The number of ether oxygens (including phenoxy) is 3. The minimum absolute atomic E-state index is 0.107. The van der Waals surface area contributed by atoms with E-state index in [9.17, 15) is 14.4 Å². The van der Waals surface area contributed by atoms with Gasteiger partial charge in [-0.3, -0.25) is 4.79 Å². The molecule has 1 saturated heterocycles. The molecule has 6 nitrogen and oxygen atoms in total. The highest BCUT2D eigenvalue weighted by molar-refractivity contribution is 5.85. The van der Waals surface area contributed by atoms with Gasteiger partial charge < -0.3 is 19.0 Å². The van der Waals surface area contributed by atoms with Gasteiger partial charge in [-0.25, -0.2) is 4.79 Å². The zero-order valence-electron chi connectivity index (χ0n) is 11.6. The van der Waals surface area contributed by atoms with E-state index in [0.717, 1.165) is 5.56 Å². The third-order valence-corrected chi connectivity index (χ3v) is 3.29. The second kappa shape index (κ2) is 6.99. The molecule has 2 rings (SSSR count). The number of hydrogen-bond acceptors (Lipinski definition) is 6. The normalized spacial score (nSPS) is 24.3. The maximum Gasteiger partial charge on any atom is 0.335 e. The lowest BCUT2D eigenvalue weighted by Gasteiger charge is -2.15. The lowest BCUT2D eigenvalue weighted by Crippen LogP contribution is -2.33. The fourth-order valence-corrected chi connectivity index (χ4v) is 2.19.